The van der Waals surface area contributed by atoms with Gasteiger partial charge in [0.25, 0.3) is 5.69 Å². The van der Waals surface area contributed by atoms with Crippen molar-refractivity contribution >= 4 is 22.8 Å². The predicted molar refractivity (Wildman–Crippen MR) is 81.7 cm³/mol. The van der Waals surface area contributed by atoms with Gasteiger partial charge in [0, 0.05) is 23.7 Å². The molecule has 0 N–H and O–H groups in total. The molecule has 3 rings (SSSR count). The first-order valence-electron chi connectivity index (χ1n) is 6.94. The van der Waals surface area contributed by atoms with Gasteiger partial charge in [-0.3, -0.25) is 10.1 Å². The highest BCUT2D eigenvalue weighted by Crippen LogP contribution is 2.35. The number of thiazole rings is 1. The Bertz CT molecular complexity index is 644. The van der Waals surface area contributed by atoms with Crippen LogP contribution in [0.2, 0.25) is 0 Å². The molecule has 3 heterocycles. The minimum atomic E-state index is -0.388. The Morgan fingerprint density at radius 2 is 2.29 bits per heavy atom. The minimum absolute atomic E-state index is 0.0709. The van der Waals surface area contributed by atoms with Crippen molar-refractivity contribution < 1.29 is 4.92 Å². The van der Waals surface area contributed by atoms with E-state index in [1.54, 1.807) is 18.3 Å². The summed E-state index contributed by atoms with van der Waals surface area (Å²) < 4.78 is 0. The third-order valence-corrected chi connectivity index (χ3v) is 4.68. The number of aryl methyl sites for hydroxylation is 1. The molecule has 2 aromatic heterocycles. The number of rotatable bonds is 3. The highest BCUT2D eigenvalue weighted by atomic mass is 32.1. The molecule has 1 aliphatic heterocycles. The highest BCUT2D eigenvalue weighted by molar-refractivity contribution is 7.09. The number of nitrogens with zero attached hydrogens (tertiary/aromatic N) is 4. The van der Waals surface area contributed by atoms with Crippen molar-refractivity contribution in [3.8, 4) is 0 Å². The van der Waals surface area contributed by atoms with E-state index in [2.05, 4.69) is 14.9 Å². The molecule has 0 radical (unpaired) electrons. The standard InChI is InChI=1S/C14H16N4O2S/c1-10-8-13(16-9-12(10)18(19)20)17-6-3-2-4-11(17)14-15-5-7-21-14/h5,7-9,11H,2-4,6H2,1H3. The van der Waals surface area contributed by atoms with Gasteiger partial charge < -0.3 is 4.90 Å². The monoisotopic (exact) mass is 304 g/mol. The van der Waals surface area contributed by atoms with E-state index in [1.165, 1.54) is 12.6 Å². The lowest BCUT2D eigenvalue weighted by atomic mass is 10.0. The second kappa shape index (κ2) is 5.77. The van der Waals surface area contributed by atoms with Gasteiger partial charge in [0.1, 0.15) is 17.0 Å². The first kappa shape index (κ1) is 13.9. The van der Waals surface area contributed by atoms with Crippen LogP contribution in [0.4, 0.5) is 11.5 Å². The Kier molecular flexibility index (Phi) is 3.83. The average Bonchev–Trinajstić information content (AvgIpc) is 3.01. The van der Waals surface area contributed by atoms with Gasteiger partial charge in [-0.1, -0.05) is 0 Å². The van der Waals surface area contributed by atoms with Crippen LogP contribution in [0.3, 0.4) is 0 Å². The second-order valence-electron chi connectivity index (χ2n) is 5.16. The quantitative estimate of drug-likeness (QED) is 0.641. The second-order valence-corrected chi connectivity index (χ2v) is 6.09. The van der Waals surface area contributed by atoms with Crippen molar-refractivity contribution in [2.24, 2.45) is 0 Å². The maximum absolute atomic E-state index is 10.9. The van der Waals surface area contributed by atoms with Gasteiger partial charge in [0.15, 0.2) is 0 Å². The average molecular weight is 304 g/mol. The van der Waals surface area contributed by atoms with Crippen LogP contribution < -0.4 is 4.90 Å². The lowest BCUT2D eigenvalue weighted by Gasteiger charge is -2.35. The maximum atomic E-state index is 10.9. The third kappa shape index (κ3) is 2.73. The summed E-state index contributed by atoms with van der Waals surface area (Å²) in [5.74, 6) is 0.804. The fourth-order valence-corrected chi connectivity index (χ4v) is 3.53. The van der Waals surface area contributed by atoms with Crippen LogP contribution in [-0.2, 0) is 0 Å². The molecule has 0 saturated carbocycles. The van der Waals surface area contributed by atoms with Crippen LogP contribution in [0, 0.1) is 17.0 Å². The van der Waals surface area contributed by atoms with Crippen LogP contribution in [0.5, 0.6) is 0 Å². The summed E-state index contributed by atoms with van der Waals surface area (Å²) in [4.78, 5) is 21.5. The van der Waals surface area contributed by atoms with Crippen LogP contribution in [0.15, 0.2) is 23.8 Å². The van der Waals surface area contributed by atoms with Gasteiger partial charge in [-0.25, -0.2) is 9.97 Å². The van der Waals surface area contributed by atoms with Crippen LogP contribution >= 0.6 is 11.3 Å². The zero-order chi connectivity index (χ0) is 14.8. The molecule has 0 aliphatic carbocycles. The van der Waals surface area contributed by atoms with Gasteiger partial charge >= 0.3 is 0 Å². The number of aromatic nitrogens is 2. The van der Waals surface area contributed by atoms with Crippen molar-refractivity contribution in [2.75, 3.05) is 11.4 Å². The molecule has 1 fully saturated rings. The molecule has 0 bridgehead atoms. The topological polar surface area (TPSA) is 72.2 Å². The Hall–Kier alpha value is -2.02. The molecule has 110 valence electrons. The fraction of sp³-hybridized carbons (Fsp3) is 0.429. The lowest BCUT2D eigenvalue weighted by Crippen LogP contribution is -2.34. The van der Waals surface area contributed by atoms with Gasteiger partial charge in [-0.2, -0.15) is 0 Å². The van der Waals surface area contributed by atoms with Crippen molar-refractivity contribution in [1.29, 1.82) is 0 Å². The molecule has 2 aromatic rings. The summed E-state index contributed by atoms with van der Waals surface area (Å²) in [5.41, 5.74) is 0.718. The van der Waals surface area contributed by atoms with E-state index in [1.807, 2.05) is 17.6 Å². The number of anilines is 1. The molecule has 6 nitrogen and oxygen atoms in total. The Balaban J connectivity index is 1.93. The van der Waals surface area contributed by atoms with E-state index < -0.39 is 0 Å². The Morgan fingerprint density at radius 1 is 1.43 bits per heavy atom. The summed E-state index contributed by atoms with van der Waals surface area (Å²) in [6.07, 6.45) is 6.51. The molecule has 0 spiro atoms. The van der Waals surface area contributed by atoms with Crippen molar-refractivity contribution in [1.82, 2.24) is 9.97 Å². The van der Waals surface area contributed by atoms with Crippen LogP contribution in [0.1, 0.15) is 35.9 Å². The van der Waals surface area contributed by atoms with Crippen molar-refractivity contribution in [3.05, 3.63) is 44.5 Å². The molecular formula is C14H16N4O2S. The fourth-order valence-electron chi connectivity index (χ4n) is 2.74. The molecule has 1 unspecified atom stereocenters. The van der Waals surface area contributed by atoms with E-state index in [4.69, 9.17) is 0 Å². The SMILES string of the molecule is Cc1cc(N2CCCCC2c2nccs2)ncc1[N+](=O)[O-]. The largest absolute Gasteiger partial charge is 0.347 e. The normalized spacial score (nSPS) is 18.7. The number of piperidine rings is 1. The van der Waals surface area contributed by atoms with Crippen molar-refractivity contribution in [3.63, 3.8) is 0 Å². The smallest absolute Gasteiger partial charge is 0.290 e. The van der Waals surface area contributed by atoms with E-state index in [0.29, 0.717) is 5.56 Å². The number of hydrogen-bond donors (Lipinski definition) is 0. The molecule has 7 heteroatoms. The Morgan fingerprint density at radius 3 is 2.95 bits per heavy atom. The number of pyridine rings is 1. The summed E-state index contributed by atoms with van der Waals surface area (Å²) in [5, 5.41) is 14.0. The number of hydrogen-bond acceptors (Lipinski definition) is 6. The van der Waals surface area contributed by atoms with E-state index in [0.717, 1.165) is 30.2 Å². The summed E-state index contributed by atoms with van der Waals surface area (Å²) in [6, 6.07) is 2.04. The predicted octanol–water partition coefficient (Wildman–Crippen LogP) is 3.49. The molecule has 21 heavy (non-hydrogen) atoms. The first-order valence-corrected chi connectivity index (χ1v) is 7.82. The lowest BCUT2D eigenvalue weighted by molar-refractivity contribution is -0.385. The maximum Gasteiger partial charge on any atom is 0.290 e. The summed E-state index contributed by atoms with van der Waals surface area (Å²) >= 11 is 1.65. The van der Waals surface area contributed by atoms with E-state index >= 15 is 0 Å². The molecule has 1 saturated heterocycles. The van der Waals surface area contributed by atoms with Gasteiger partial charge in [-0.05, 0) is 32.3 Å². The van der Waals surface area contributed by atoms with Gasteiger partial charge in [0.2, 0.25) is 0 Å². The number of nitro groups is 1. The molecular weight excluding hydrogens is 288 g/mol. The van der Waals surface area contributed by atoms with Crippen LogP contribution in [-0.4, -0.2) is 21.4 Å². The minimum Gasteiger partial charge on any atom is -0.347 e. The van der Waals surface area contributed by atoms with Crippen LogP contribution in [0.25, 0.3) is 0 Å². The highest BCUT2D eigenvalue weighted by Gasteiger charge is 2.27. The van der Waals surface area contributed by atoms with E-state index in [9.17, 15) is 10.1 Å². The van der Waals surface area contributed by atoms with Gasteiger partial charge in [-0.15, -0.1) is 11.3 Å². The van der Waals surface area contributed by atoms with E-state index in [-0.39, 0.29) is 16.7 Å². The molecule has 0 aromatic carbocycles. The van der Waals surface area contributed by atoms with Gasteiger partial charge in [0.05, 0.1) is 11.0 Å². The first-order chi connectivity index (χ1) is 10.2. The van der Waals surface area contributed by atoms with Crippen molar-refractivity contribution in [2.45, 2.75) is 32.2 Å². The molecule has 0 amide bonds. The Labute approximate surface area is 126 Å². The summed E-state index contributed by atoms with van der Waals surface area (Å²) in [7, 11) is 0. The summed E-state index contributed by atoms with van der Waals surface area (Å²) in [6.45, 7) is 2.67. The molecule has 1 aliphatic rings. The zero-order valence-corrected chi connectivity index (χ0v) is 12.5. The third-order valence-electron chi connectivity index (χ3n) is 3.80. The zero-order valence-electron chi connectivity index (χ0n) is 11.7. The molecule has 1 atom stereocenters.